The van der Waals surface area contributed by atoms with Crippen molar-refractivity contribution in [3.05, 3.63) is 54.1 Å². The molecule has 0 saturated carbocycles. The van der Waals surface area contributed by atoms with Gasteiger partial charge in [0, 0.05) is 30.5 Å². The molecule has 0 aromatic heterocycles. The van der Waals surface area contributed by atoms with E-state index in [-0.39, 0.29) is 23.4 Å². The highest BCUT2D eigenvalue weighted by Crippen LogP contribution is 2.32. The van der Waals surface area contributed by atoms with Gasteiger partial charge in [-0.1, -0.05) is 37.1 Å². The second-order valence-corrected chi connectivity index (χ2v) is 10.1. The van der Waals surface area contributed by atoms with Crippen LogP contribution in [0.4, 0.5) is 11.4 Å². The molecule has 30 heavy (non-hydrogen) atoms. The Balaban J connectivity index is 1.45. The molecular weight excluding hydrogens is 398 g/mol. The normalized spacial score (nSPS) is 19.9. The van der Waals surface area contributed by atoms with E-state index >= 15 is 0 Å². The molecule has 0 bridgehead atoms. The van der Waals surface area contributed by atoms with Crippen LogP contribution in [0.15, 0.2) is 53.4 Å². The zero-order valence-corrected chi connectivity index (χ0v) is 18.2. The Morgan fingerprint density at radius 3 is 2.53 bits per heavy atom. The van der Waals surface area contributed by atoms with Crippen LogP contribution in [-0.4, -0.2) is 44.3 Å². The zero-order valence-electron chi connectivity index (χ0n) is 17.4. The van der Waals surface area contributed by atoms with Crippen molar-refractivity contribution in [2.24, 2.45) is 0 Å². The molecule has 1 fully saturated rings. The minimum atomic E-state index is -3.51. The number of nitrogens with one attached hydrogen (secondary N) is 1. The molecule has 7 heteroatoms. The molecule has 2 aromatic carbocycles. The second-order valence-electron chi connectivity index (χ2n) is 8.15. The van der Waals surface area contributed by atoms with Crippen LogP contribution in [-0.2, 0) is 21.2 Å². The highest BCUT2D eigenvalue weighted by Gasteiger charge is 2.30. The van der Waals surface area contributed by atoms with Crippen LogP contribution in [0.5, 0.6) is 0 Å². The molecule has 1 saturated heterocycles. The number of benzene rings is 2. The van der Waals surface area contributed by atoms with Gasteiger partial charge in [-0.05, 0) is 56.0 Å². The predicted octanol–water partition coefficient (Wildman–Crippen LogP) is 3.64. The van der Waals surface area contributed by atoms with Gasteiger partial charge in [0.1, 0.15) is 0 Å². The van der Waals surface area contributed by atoms with Crippen LogP contribution in [0.25, 0.3) is 0 Å². The van der Waals surface area contributed by atoms with Gasteiger partial charge in [-0.3, -0.25) is 4.79 Å². The first-order valence-electron chi connectivity index (χ1n) is 10.7. The van der Waals surface area contributed by atoms with Gasteiger partial charge in [0.25, 0.3) is 0 Å². The summed E-state index contributed by atoms with van der Waals surface area (Å²) in [6.07, 6.45) is 4.81. The summed E-state index contributed by atoms with van der Waals surface area (Å²) in [6.45, 7) is 3.31. The molecule has 6 nitrogen and oxygen atoms in total. The van der Waals surface area contributed by atoms with Crippen molar-refractivity contribution in [1.29, 1.82) is 0 Å². The SMILES string of the molecule is C[C@H]1Cc2ccccc2N1C(=O)CNc1cccc(S(=O)(=O)N2CCCCCC2)c1. The van der Waals surface area contributed by atoms with Crippen molar-refractivity contribution in [3.63, 3.8) is 0 Å². The Bertz CT molecular complexity index is 1010. The number of carbonyl (C=O) groups is 1. The van der Waals surface area contributed by atoms with Crippen LogP contribution in [0.3, 0.4) is 0 Å². The first kappa shape index (κ1) is 20.9. The number of sulfonamides is 1. The summed E-state index contributed by atoms with van der Waals surface area (Å²) in [5.74, 6) is -0.0202. The molecule has 1 amide bonds. The number of nitrogens with zero attached hydrogens (tertiary/aromatic N) is 2. The van der Waals surface area contributed by atoms with Crippen LogP contribution >= 0.6 is 0 Å². The third-order valence-electron chi connectivity index (χ3n) is 5.96. The Morgan fingerprint density at radius 1 is 1.03 bits per heavy atom. The van der Waals surface area contributed by atoms with E-state index in [0.29, 0.717) is 18.8 Å². The van der Waals surface area contributed by atoms with E-state index in [0.717, 1.165) is 37.8 Å². The van der Waals surface area contributed by atoms with Crippen LogP contribution in [0.1, 0.15) is 38.2 Å². The van der Waals surface area contributed by atoms with Crippen LogP contribution in [0, 0.1) is 0 Å². The topological polar surface area (TPSA) is 69.7 Å². The van der Waals surface area contributed by atoms with E-state index in [1.165, 1.54) is 5.56 Å². The lowest BCUT2D eigenvalue weighted by Crippen LogP contribution is -2.39. The molecule has 0 unspecified atom stereocenters. The molecule has 2 aromatic rings. The summed E-state index contributed by atoms with van der Waals surface area (Å²) < 4.78 is 27.7. The van der Waals surface area contributed by atoms with E-state index in [1.54, 1.807) is 28.6 Å². The van der Waals surface area contributed by atoms with Gasteiger partial charge in [0.15, 0.2) is 0 Å². The summed E-state index contributed by atoms with van der Waals surface area (Å²) in [5, 5.41) is 3.13. The first-order valence-corrected chi connectivity index (χ1v) is 12.1. The molecule has 2 heterocycles. The number of rotatable bonds is 5. The summed E-state index contributed by atoms with van der Waals surface area (Å²) >= 11 is 0. The summed E-state index contributed by atoms with van der Waals surface area (Å²) in [4.78, 5) is 15.0. The van der Waals surface area contributed by atoms with Crippen LogP contribution < -0.4 is 10.2 Å². The number of anilines is 2. The van der Waals surface area contributed by atoms with Crippen molar-refractivity contribution in [2.75, 3.05) is 29.9 Å². The fourth-order valence-corrected chi connectivity index (χ4v) is 5.97. The average Bonchev–Trinajstić information content (AvgIpc) is 2.91. The fourth-order valence-electron chi connectivity index (χ4n) is 4.41. The molecular formula is C23H29N3O3S. The summed E-state index contributed by atoms with van der Waals surface area (Å²) in [5.41, 5.74) is 2.79. The molecule has 0 radical (unpaired) electrons. The predicted molar refractivity (Wildman–Crippen MR) is 119 cm³/mol. The average molecular weight is 428 g/mol. The van der Waals surface area contributed by atoms with Crippen LogP contribution in [0.2, 0.25) is 0 Å². The lowest BCUT2D eigenvalue weighted by atomic mass is 10.1. The standard InChI is InChI=1S/C23H29N3O3S/c1-18-15-19-9-4-5-12-22(19)26(18)23(27)17-24-20-10-8-11-21(16-20)30(28,29)25-13-6-2-3-7-14-25/h4-5,8-12,16,18,24H,2-3,6-7,13-15,17H2,1H3/t18-/m0/s1. The second kappa shape index (κ2) is 8.78. The Kier molecular flexibility index (Phi) is 6.11. The molecule has 0 aliphatic carbocycles. The summed E-state index contributed by atoms with van der Waals surface area (Å²) in [7, 11) is -3.51. The number of fused-ring (bicyclic) bond motifs is 1. The fraction of sp³-hybridized carbons (Fsp3) is 0.435. The number of para-hydroxylation sites is 1. The molecule has 4 rings (SSSR count). The quantitative estimate of drug-likeness (QED) is 0.791. The van der Waals surface area contributed by atoms with Gasteiger partial charge in [-0.2, -0.15) is 4.31 Å². The first-order chi connectivity index (χ1) is 14.5. The van der Waals surface area contributed by atoms with Gasteiger partial charge in [-0.25, -0.2) is 8.42 Å². The minimum absolute atomic E-state index is 0.0202. The van der Waals surface area contributed by atoms with Gasteiger partial charge < -0.3 is 10.2 Å². The molecule has 0 spiro atoms. The van der Waals surface area contributed by atoms with Gasteiger partial charge in [0.2, 0.25) is 15.9 Å². The highest BCUT2D eigenvalue weighted by atomic mass is 32.2. The maximum atomic E-state index is 13.0. The largest absolute Gasteiger partial charge is 0.376 e. The van der Waals surface area contributed by atoms with Gasteiger partial charge >= 0.3 is 0 Å². The number of hydrogen-bond acceptors (Lipinski definition) is 4. The monoisotopic (exact) mass is 427 g/mol. The molecule has 2 aliphatic rings. The van der Waals surface area contributed by atoms with E-state index in [2.05, 4.69) is 11.4 Å². The van der Waals surface area contributed by atoms with E-state index in [1.807, 2.05) is 30.0 Å². The van der Waals surface area contributed by atoms with Crippen molar-refractivity contribution >= 4 is 27.3 Å². The lowest BCUT2D eigenvalue weighted by molar-refractivity contribution is -0.117. The van der Waals surface area contributed by atoms with E-state index < -0.39 is 10.0 Å². The third-order valence-corrected chi connectivity index (χ3v) is 7.85. The zero-order chi connectivity index (χ0) is 21.1. The highest BCUT2D eigenvalue weighted by molar-refractivity contribution is 7.89. The number of amides is 1. The Morgan fingerprint density at radius 2 is 1.77 bits per heavy atom. The minimum Gasteiger partial charge on any atom is -0.376 e. The van der Waals surface area contributed by atoms with E-state index in [4.69, 9.17) is 0 Å². The van der Waals surface area contributed by atoms with Crippen molar-refractivity contribution in [2.45, 2.75) is 50.0 Å². The Hall–Kier alpha value is -2.38. The maximum Gasteiger partial charge on any atom is 0.246 e. The molecule has 1 atom stereocenters. The third kappa shape index (κ3) is 4.23. The molecule has 1 N–H and O–H groups in total. The smallest absolute Gasteiger partial charge is 0.246 e. The molecule has 160 valence electrons. The lowest BCUT2D eigenvalue weighted by Gasteiger charge is -2.23. The van der Waals surface area contributed by atoms with E-state index in [9.17, 15) is 13.2 Å². The number of hydrogen-bond donors (Lipinski definition) is 1. The van der Waals surface area contributed by atoms with Gasteiger partial charge in [0.05, 0.1) is 11.4 Å². The van der Waals surface area contributed by atoms with Gasteiger partial charge in [-0.15, -0.1) is 0 Å². The van der Waals surface area contributed by atoms with Crippen molar-refractivity contribution in [1.82, 2.24) is 4.31 Å². The van der Waals surface area contributed by atoms with Crippen molar-refractivity contribution < 1.29 is 13.2 Å². The van der Waals surface area contributed by atoms with Crippen molar-refractivity contribution in [3.8, 4) is 0 Å². The summed E-state index contributed by atoms with van der Waals surface area (Å²) in [6, 6.07) is 14.9. The Labute approximate surface area is 178 Å². The number of carbonyl (C=O) groups excluding carboxylic acids is 1. The molecule has 2 aliphatic heterocycles. The maximum absolute atomic E-state index is 13.0.